The van der Waals surface area contributed by atoms with E-state index in [0.717, 1.165) is 127 Å². The van der Waals surface area contributed by atoms with Crippen LogP contribution < -0.4 is 0 Å². The zero-order valence-electron chi connectivity index (χ0n) is 58.4. The number of carbonyl (C=O) groups excluding carboxylic acids is 4. The first-order valence-electron chi connectivity index (χ1n) is 37.1. The highest BCUT2D eigenvalue weighted by Crippen LogP contribution is 2.45. The Labute approximate surface area is 549 Å². The van der Waals surface area contributed by atoms with E-state index in [1.54, 1.807) is 0 Å². The lowest BCUT2D eigenvalue weighted by Crippen LogP contribution is -2.30. The van der Waals surface area contributed by atoms with Gasteiger partial charge in [-0.15, -0.1) is 0 Å². The number of hydrogen-bond acceptors (Lipinski definition) is 15. The Balaban J connectivity index is 5.14. The van der Waals surface area contributed by atoms with Crippen LogP contribution in [-0.4, -0.2) is 96.7 Å². The second kappa shape index (κ2) is 63.1. The molecule has 0 aliphatic carbocycles. The SMILES string of the molecule is CCCCCCCCCC(=O)OC[C@H](COP(=O)(O)OC[C@H](O)COP(=O)(O)OC[C@@H](COC(=O)CCCCCCCCCCCCCCCCC(C)CC)OC(=O)CCCCCCCCCCCCCCCCC(C)CC)OC(=O)CCCCCCCCC. The summed E-state index contributed by atoms with van der Waals surface area (Å²) >= 11 is 0. The highest BCUT2D eigenvalue weighted by Gasteiger charge is 2.30. The Morgan fingerprint density at radius 3 is 0.789 bits per heavy atom. The molecule has 90 heavy (non-hydrogen) atoms. The number of aliphatic hydroxyl groups is 1. The van der Waals surface area contributed by atoms with E-state index in [0.29, 0.717) is 25.7 Å². The van der Waals surface area contributed by atoms with Crippen molar-refractivity contribution >= 4 is 39.5 Å². The van der Waals surface area contributed by atoms with Crippen LogP contribution in [0.5, 0.6) is 0 Å². The number of carbonyl (C=O) groups is 4. The fourth-order valence-corrected chi connectivity index (χ4v) is 12.3. The van der Waals surface area contributed by atoms with Gasteiger partial charge in [-0.05, 0) is 37.5 Å². The van der Waals surface area contributed by atoms with Gasteiger partial charge in [0.1, 0.15) is 19.3 Å². The fraction of sp³-hybridized carbons (Fsp3) is 0.944. The largest absolute Gasteiger partial charge is 0.472 e. The molecule has 0 bridgehead atoms. The number of phosphoric acid groups is 2. The minimum atomic E-state index is -4.95. The maximum atomic E-state index is 13.0. The third kappa shape index (κ3) is 62.2. The van der Waals surface area contributed by atoms with Crippen molar-refractivity contribution in [3.05, 3.63) is 0 Å². The van der Waals surface area contributed by atoms with E-state index in [1.807, 2.05) is 0 Å². The minimum absolute atomic E-state index is 0.103. The molecule has 0 saturated heterocycles. The second-order valence-corrected chi connectivity index (χ2v) is 29.0. The molecule has 0 aromatic carbocycles. The molecular weight excluding hydrogens is 1190 g/mol. The van der Waals surface area contributed by atoms with Crippen molar-refractivity contribution in [2.45, 2.75) is 381 Å². The van der Waals surface area contributed by atoms with Crippen molar-refractivity contribution in [2.24, 2.45) is 11.8 Å². The molecule has 0 aliphatic rings. The molecule has 0 spiro atoms. The van der Waals surface area contributed by atoms with Gasteiger partial charge in [-0.2, -0.15) is 0 Å². The molecular formula is C71H138O17P2. The smallest absolute Gasteiger partial charge is 0.462 e. The third-order valence-corrected chi connectivity index (χ3v) is 19.1. The van der Waals surface area contributed by atoms with E-state index < -0.39 is 97.5 Å². The van der Waals surface area contributed by atoms with Gasteiger partial charge in [-0.1, -0.05) is 311 Å². The molecule has 534 valence electrons. The Hall–Kier alpha value is -1.94. The van der Waals surface area contributed by atoms with E-state index in [-0.39, 0.29) is 25.7 Å². The van der Waals surface area contributed by atoms with Crippen LogP contribution in [-0.2, 0) is 65.4 Å². The van der Waals surface area contributed by atoms with Crippen LogP contribution in [0, 0.1) is 11.8 Å². The molecule has 0 saturated carbocycles. The molecule has 0 amide bonds. The van der Waals surface area contributed by atoms with E-state index in [1.165, 1.54) is 154 Å². The number of aliphatic hydroxyl groups excluding tert-OH is 1. The summed E-state index contributed by atoms with van der Waals surface area (Å²) in [4.78, 5) is 72.3. The molecule has 0 heterocycles. The molecule has 0 radical (unpaired) electrons. The first-order chi connectivity index (χ1) is 43.4. The van der Waals surface area contributed by atoms with Crippen molar-refractivity contribution in [3.8, 4) is 0 Å². The molecule has 17 nitrogen and oxygen atoms in total. The number of esters is 4. The van der Waals surface area contributed by atoms with Crippen LogP contribution in [0.2, 0.25) is 0 Å². The average molecular weight is 1330 g/mol. The van der Waals surface area contributed by atoms with Crippen LogP contribution in [0.1, 0.15) is 363 Å². The van der Waals surface area contributed by atoms with Gasteiger partial charge in [0.25, 0.3) is 0 Å². The molecule has 0 aliphatic heterocycles. The van der Waals surface area contributed by atoms with Crippen molar-refractivity contribution in [2.75, 3.05) is 39.6 Å². The highest BCUT2D eigenvalue weighted by molar-refractivity contribution is 7.47. The number of rotatable bonds is 70. The predicted molar refractivity (Wildman–Crippen MR) is 363 cm³/mol. The highest BCUT2D eigenvalue weighted by atomic mass is 31.2. The molecule has 0 rings (SSSR count). The lowest BCUT2D eigenvalue weighted by Gasteiger charge is -2.21. The third-order valence-electron chi connectivity index (χ3n) is 17.2. The van der Waals surface area contributed by atoms with Gasteiger partial charge in [0.15, 0.2) is 12.2 Å². The lowest BCUT2D eigenvalue weighted by atomic mass is 9.99. The molecule has 3 N–H and O–H groups in total. The van der Waals surface area contributed by atoms with E-state index >= 15 is 0 Å². The van der Waals surface area contributed by atoms with Gasteiger partial charge >= 0.3 is 39.5 Å². The quantitative estimate of drug-likeness (QED) is 0.0222. The standard InChI is InChI=1S/C71H138O17P2/c1-7-11-13-15-33-41-47-53-68(73)81-59-66(87-70(75)55-49-43-34-16-14-12-8-2)61-85-89(77,78)83-57-65(72)58-84-90(79,80)86-62-67(88-71(76)56-50-44-38-32-28-24-20-18-22-26-30-36-40-46-52-64(6)10-4)60-82-69(74)54-48-42-37-31-27-23-19-17-21-25-29-35-39-45-51-63(5)9-3/h63-67,72H,7-62H2,1-6H3,(H,77,78)(H,79,80)/t63?,64?,65-,66+,67+/m0/s1. The van der Waals surface area contributed by atoms with Crippen molar-refractivity contribution in [1.29, 1.82) is 0 Å². The fourth-order valence-electron chi connectivity index (χ4n) is 10.7. The van der Waals surface area contributed by atoms with E-state index in [4.69, 9.17) is 37.0 Å². The number of ether oxygens (including phenoxy) is 4. The number of hydrogen-bond donors (Lipinski definition) is 3. The summed E-state index contributed by atoms with van der Waals surface area (Å²) in [6.07, 6.45) is 48.8. The number of unbranched alkanes of at least 4 members (excludes halogenated alkanes) is 38. The summed E-state index contributed by atoms with van der Waals surface area (Å²) in [7, 11) is -9.89. The summed E-state index contributed by atoms with van der Waals surface area (Å²) < 4.78 is 68.1. The maximum Gasteiger partial charge on any atom is 0.472 e. The van der Waals surface area contributed by atoms with Gasteiger partial charge in [0.2, 0.25) is 0 Å². The predicted octanol–water partition coefficient (Wildman–Crippen LogP) is 20.4. The average Bonchev–Trinajstić information content (AvgIpc) is 3.39. The minimum Gasteiger partial charge on any atom is -0.462 e. The van der Waals surface area contributed by atoms with Crippen LogP contribution in [0.4, 0.5) is 0 Å². The molecule has 4 unspecified atom stereocenters. The first-order valence-corrected chi connectivity index (χ1v) is 40.1. The maximum absolute atomic E-state index is 13.0. The van der Waals surface area contributed by atoms with Crippen LogP contribution in [0.25, 0.3) is 0 Å². The summed E-state index contributed by atoms with van der Waals surface area (Å²) in [5.74, 6) is -0.436. The topological polar surface area (TPSA) is 237 Å². The van der Waals surface area contributed by atoms with Crippen molar-refractivity contribution < 1.29 is 80.2 Å². The first kappa shape index (κ1) is 88.1. The summed E-state index contributed by atoms with van der Waals surface area (Å²) in [6, 6.07) is 0. The molecule has 0 aromatic heterocycles. The van der Waals surface area contributed by atoms with Gasteiger partial charge in [0.05, 0.1) is 26.4 Å². The van der Waals surface area contributed by atoms with E-state index in [2.05, 4.69) is 41.5 Å². The monoisotopic (exact) mass is 1320 g/mol. The second-order valence-electron chi connectivity index (χ2n) is 26.1. The zero-order valence-corrected chi connectivity index (χ0v) is 60.2. The molecule has 7 atom stereocenters. The van der Waals surface area contributed by atoms with Crippen molar-refractivity contribution in [3.63, 3.8) is 0 Å². The van der Waals surface area contributed by atoms with Gasteiger partial charge in [0, 0.05) is 25.7 Å². The number of phosphoric ester groups is 2. The van der Waals surface area contributed by atoms with Crippen molar-refractivity contribution in [1.82, 2.24) is 0 Å². The normalized spacial score (nSPS) is 14.7. The lowest BCUT2D eigenvalue weighted by molar-refractivity contribution is -0.161. The molecule has 19 heteroatoms. The molecule has 0 aromatic rings. The van der Waals surface area contributed by atoms with E-state index in [9.17, 15) is 43.2 Å². The van der Waals surface area contributed by atoms with Gasteiger partial charge in [-0.3, -0.25) is 37.3 Å². The Kier molecular flexibility index (Phi) is 61.8. The summed E-state index contributed by atoms with van der Waals surface area (Å²) in [6.45, 7) is 9.58. The summed E-state index contributed by atoms with van der Waals surface area (Å²) in [5.41, 5.74) is 0. The zero-order chi connectivity index (χ0) is 66.5. The van der Waals surface area contributed by atoms with Crippen LogP contribution in [0.3, 0.4) is 0 Å². The van der Waals surface area contributed by atoms with Gasteiger partial charge in [-0.25, -0.2) is 9.13 Å². The Morgan fingerprint density at radius 2 is 0.533 bits per heavy atom. The Morgan fingerprint density at radius 1 is 0.311 bits per heavy atom. The Bertz CT molecular complexity index is 1760. The van der Waals surface area contributed by atoms with Gasteiger partial charge < -0.3 is 33.8 Å². The molecule has 0 fully saturated rings. The van der Waals surface area contributed by atoms with Crippen LogP contribution >= 0.6 is 15.6 Å². The van der Waals surface area contributed by atoms with Crippen LogP contribution in [0.15, 0.2) is 0 Å². The summed E-state index contributed by atoms with van der Waals surface area (Å²) in [5, 5.41) is 10.6.